The maximum Gasteiger partial charge on any atom is 0.225 e. The van der Waals surface area contributed by atoms with Gasteiger partial charge in [0, 0.05) is 23.7 Å². The minimum Gasteiger partial charge on any atom is -0.326 e. The lowest BCUT2D eigenvalue weighted by Crippen LogP contribution is -2.22. The smallest absolute Gasteiger partial charge is 0.225 e. The van der Waals surface area contributed by atoms with Gasteiger partial charge in [-0.05, 0) is 37.2 Å². The van der Waals surface area contributed by atoms with E-state index in [4.69, 9.17) is 11.6 Å². The fraction of sp³-hybridized carbons (Fsp3) is 0.462. The first-order valence-corrected chi connectivity index (χ1v) is 6.36. The van der Waals surface area contributed by atoms with E-state index >= 15 is 0 Å². The van der Waals surface area contributed by atoms with Crippen LogP contribution in [0, 0.1) is 0 Å². The van der Waals surface area contributed by atoms with Gasteiger partial charge in [-0.25, -0.2) is 0 Å². The molecular formula is C13H19ClN2O. The number of nitrogens with one attached hydrogen (secondary N) is 2. The van der Waals surface area contributed by atoms with Crippen molar-refractivity contribution >= 4 is 23.2 Å². The van der Waals surface area contributed by atoms with E-state index in [0.29, 0.717) is 11.4 Å². The summed E-state index contributed by atoms with van der Waals surface area (Å²) in [6.45, 7) is 3.85. The summed E-state index contributed by atoms with van der Waals surface area (Å²) in [5.41, 5.74) is 0.785. The van der Waals surface area contributed by atoms with Crippen molar-refractivity contribution in [2.45, 2.75) is 26.2 Å². The molecule has 0 saturated carbocycles. The number of benzene rings is 1. The van der Waals surface area contributed by atoms with E-state index in [9.17, 15) is 4.79 Å². The lowest BCUT2D eigenvalue weighted by atomic mass is 10.3. The zero-order chi connectivity index (χ0) is 12.5. The van der Waals surface area contributed by atoms with Crippen LogP contribution in [0.15, 0.2) is 24.3 Å². The first kappa shape index (κ1) is 14.0. The molecule has 0 atom stereocenters. The van der Waals surface area contributed by atoms with Crippen molar-refractivity contribution in [2.75, 3.05) is 18.4 Å². The standard InChI is InChI=1S/C13H19ClN2O/c1-2-3-9-15-10-8-13(17)16-12-6-4-11(14)5-7-12/h4-7,15H,2-3,8-10H2,1H3,(H,16,17). The number of halogens is 1. The third-order valence-electron chi connectivity index (χ3n) is 2.36. The minimum absolute atomic E-state index is 0.0244. The largest absolute Gasteiger partial charge is 0.326 e. The summed E-state index contributed by atoms with van der Waals surface area (Å²) >= 11 is 5.76. The van der Waals surface area contributed by atoms with Crippen molar-refractivity contribution in [1.29, 1.82) is 0 Å². The summed E-state index contributed by atoms with van der Waals surface area (Å²) in [6, 6.07) is 7.11. The van der Waals surface area contributed by atoms with Gasteiger partial charge in [0.25, 0.3) is 0 Å². The fourth-order valence-corrected chi connectivity index (χ4v) is 1.51. The molecular weight excluding hydrogens is 236 g/mol. The molecule has 0 unspecified atom stereocenters. The molecule has 1 aromatic carbocycles. The molecule has 0 spiro atoms. The van der Waals surface area contributed by atoms with E-state index in [2.05, 4.69) is 17.6 Å². The molecule has 2 N–H and O–H groups in total. The SMILES string of the molecule is CCCCNCCC(=O)Nc1ccc(Cl)cc1. The van der Waals surface area contributed by atoms with Crippen molar-refractivity contribution in [3.63, 3.8) is 0 Å². The summed E-state index contributed by atoms with van der Waals surface area (Å²) in [5.74, 6) is 0.0244. The molecule has 1 rings (SSSR count). The van der Waals surface area contributed by atoms with Gasteiger partial charge in [0.05, 0.1) is 0 Å². The lowest BCUT2D eigenvalue weighted by Gasteiger charge is -2.06. The highest BCUT2D eigenvalue weighted by molar-refractivity contribution is 6.30. The van der Waals surface area contributed by atoms with Gasteiger partial charge in [0.2, 0.25) is 5.91 Å². The predicted octanol–water partition coefficient (Wildman–Crippen LogP) is 3.06. The van der Waals surface area contributed by atoms with E-state index in [1.165, 1.54) is 6.42 Å². The highest BCUT2D eigenvalue weighted by Crippen LogP contribution is 2.13. The molecule has 1 aromatic rings. The Morgan fingerprint density at radius 2 is 1.94 bits per heavy atom. The number of amides is 1. The maximum absolute atomic E-state index is 11.5. The van der Waals surface area contributed by atoms with E-state index in [-0.39, 0.29) is 5.91 Å². The van der Waals surface area contributed by atoms with Crippen LogP contribution in [0.3, 0.4) is 0 Å². The number of hydrogen-bond acceptors (Lipinski definition) is 2. The predicted molar refractivity (Wildman–Crippen MR) is 72.5 cm³/mol. The van der Waals surface area contributed by atoms with Crippen LogP contribution in [0.5, 0.6) is 0 Å². The number of carbonyl (C=O) groups excluding carboxylic acids is 1. The average Bonchev–Trinajstić information content (AvgIpc) is 2.32. The van der Waals surface area contributed by atoms with E-state index in [1.807, 2.05) is 0 Å². The number of rotatable bonds is 7. The first-order chi connectivity index (χ1) is 8.22. The van der Waals surface area contributed by atoms with Crippen LogP contribution in [-0.4, -0.2) is 19.0 Å². The number of unbranched alkanes of at least 4 members (excludes halogenated alkanes) is 1. The molecule has 4 heteroatoms. The summed E-state index contributed by atoms with van der Waals surface area (Å²) in [6.07, 6.45) is 2.81. The molecule has 0 fully saturated rings. The highest BCUT2D eigenvalue weighted by atomic mass is 35.5. The second-order valence-electron chi connectivity index (χ2n) is 3.91. The molecule has 0 aliphatic rings. The van der Waals surface area contributed by atoms with Crippen LogP contribution in [0.1, 0.15) is 26.2 Å². The Morgan fingerprint density at radius 1 is 1.24 bits per heavy atom. The van der Waals surface area contributed by atoms with Crippen molar-refractivity contribution < 1.29 is 4.79 Å². The Bertz CT molecular complexity index is 338. The van der Waals surface area contributed by atoms with Crippen molar-refractivity contribution in [3.05, 3.63) is 29.3 Å². The van der Waals surface area contributed by atoms with Crippen LogP contribution >= 0.6 is 11.6 Å². The van der Waals surface area contributed by atoms with Gasteiger partial charge < -0.3 is 10.6 Å². The molecule has 0 saturated heterocycles. The van der Waals surface area contributed by atoms with Crippen LogP contribution in [0.2, 0.25) is 5.02 Å². The van der Waals surface area contributed by atoms with Crippen LogP contribution in [0.25, 0.3) is 0 Å². The van der Waals surface area contributed by atoms with Crippen molar-refractivity contribution in [1.82, 2.24) is 5.32 Å². The fourth-order valence-electron chi connectivity index (χ4n) is 1.39. The number of hydrogen-bond donors (Lipinski definition) is 2. The molecule has 0 bridgehead atoms. The zero-order valence-electron chi connectivity index (χ0n) is 10.1. The van der Waals surface area contributed by atoms with Crippen molar-refractivity contribution in [2.24, 2.45) is 0 Å². The molecule has 17 heavy (non-hydrogen) atoms. The third-order valence-corrected chi connectivity index (χ3v) is 2.62. The van der Waals surface area contributed by atoms with E-state index in [1.54, 1.807) is 24.3 Å². The third kappa shape index (κ3) is 6.29. The molecule has 1 amide bonds. The summed E-state index contributed by atoms with van der Waals surface area (Å²) in [7, 11) is 0. The van der Waals surface area contributed by atoms with E-state index in [0.717, 1.165) is 25.2 Å². The summed E-state index contributed by atoms with van der Waals surface area (Å²) in [5, 5.41) is 6.72. The number of carbonyl (C=O) groups is 1. The van der Waals surface area contributed by atoms with Gasteiger partial charge in [0.1, 0.15) is 0 Å². The van der Waals surface area contributed by atoms with Gasteiger partial charge in [-0.2, -0.15) is 0 Å². The summed E-state index contributed by atoms with van der Waals surface area (Å²) < 4.78 is 0. The van der Waals surface area contributed by atoms with Crippen molar-refractivity contribution in [3.8, 4) is 0 Å². The quantitative estimate of drug-likeness (QED) is 0.735. The second kappa shape index (κ2) is 8.09. The maximum atomic E-state index is 11.5. The van der Waals surface area contributed by atoms with Crippen LogP contribution in [-0.2, 0) is 4.79 Å². The highest BCUT2D eigenvalue weighted by Gasteiger charge is 2.01. The Labute approximate surface area is 108 Å². The molecule has 94 valence electrons. The second-order valence-corrected chi connectivity index (χ2v) is 4.35. The van der Waals surface area contributed by atoms with Gasteiger partial charge in [-0.3, -0.25) is 4.79 Å². The van der Waals surface area contributed by atoms with Gasteiger partial charge in [0.15, 0.2) is 0 Å². The Hall–Kier alpha value is -1.06. The minimum atomic E-state index is 0.0244. The molecule has 0 heterocycles. The average molecular weight is 255 g/mol. The molecule has 3 nitrogen and oxygen atoms in total. The molecule has 0 aromatic heterocycles. The molecule has 0 aliphatic carbocycles. The Morgan fingerprint density at radius 3 is 2.59 bits per heavy atom. The monoisotopic (exact) mass is 254 g/mol. The topological polar surface area (TPSA) is 41.1 Å². The lowest BCUT2D eigenvalue weighted by molar-refractivity contribution is -0.116. The van der Waals surface area contributed by atoms with Crippen LogP contribution < -0.4 is 10.6 Å². The Balaban J connectivity index is 2.18. The van der Waals surface area contributed by atoms with Gasteiger partial charge in [-0.15, -0.1) is 0 Å². The number of anilines is 1. The van der Waals surface area contributed by atoms with E-state index < -0.39 is 0 Å². The summed E-state index contributed by atoms with van der Waals surface area (Å²) in [4.78, 5) is 11.5. The first-order valence-electron chi connectivity index (χ1n) is 5.98. The zero-order valence-corrected chi connectivity index (χ0v) is 10.9. The molecule has 0 aliphatic heterocycles. The molecule has 0 radical (unpaired) electrons. The van der Waals surface area contributed by atoms with Gasteiger partial charge in [-0.1, -0.05) is 24.9 Å². The normalized spacial score (nSPS) is 10.2. The Kier molecular flexibility index (Phi) is 6.67. The van der Waals surface area contributed by atoms with Crippen LogP contribution in [0.4, 0.5) is 5.69 Å². The van der Waals surface area contributed by atoms with Gasteiger partial charge >= 0.3 is 0 Å².